The van der Waals surface area contributed by atoms with E-state index in [1.165, 1.54) is 11.3 Å². The van der Waals surface area contributed by atoms with Crippen molar-refractivity contribution in [2.24, 2.45) is 0 Å². The molecule has 0 bridgehead atoms. The number of hydrogen-bond acceptors (Lipinski definition) is 5. The Labute approximate surface area is 151 Å². The van der Waals surface area contributed by atoms with Gasteiger partial charge in [0.25, 0.3) is 5.56 Å². The Bertz CT molecular complexity index is 1190. The summed E-state index contributed by atoms with van der Waals surface area (Å²) >= 11 is 3.12. The van der Waals surface area contributed by atoms with Crippen molar-refractivity contribution in [3.63, 3.8) is 0 Å². The number of rotatable bonds is 2. The van der Waals surface area contributed by atoms with E-state index in [1.54, 1.807) is 11.3 Å². The smallest absolute Gasteiger partial charge is 0.282 e. The van der Waals surface area contributed by atoms with Gasteiger partial charge in [0.2, 0.25) is 0 Å². The summed E-state index contributed by atoms with van der Waals surface area (Å²) in [6.45, 7) is 0.340. The largest absolute Gasteiger partial charge is 0.510 e. The molecule has 0 atom stereocenters. The maximum absolute atomic E-state index is 12.8. The number of nitrogens with zero attached hydrogens (tertiary/aromatic N) is 2. The van der Waals surface area contributed by atoms with Gasteiger partial charge in [-0.3, -0.25) is 4.79 Å². The topological polar surface area (TPSA) is 55.1 Å². The van der Waals surface area contributed by atoms with Gasteiger partial charge in [-0.1, -0.05) is 30.3 Å². The Hall–Kier alpha value is -2.70. The lowest BCUT2D eigenvalue weighted by molar-refractivity contribution is 0.389. The number of aliphatic hydroxyl groups is 1. The second kappa shape index (κ2) is 5.40. The average molecular weight is 364 g/mol. The average Bonchev–Trinajstić information content (AvgIpc) is 3.33. The minimum Gasteiger partial charge on any atom is -0.510 e. The van der Waals surface area contributed by atoms with E-state index in [0.29, 0.717) is 23.3 Å². The van der Waals surface area contributed by atoms with Crippen molar-refractivity contribution >= 4 is 38.5 Å². The van der Waals surface area contributed by atoms with E-state index in [4.69, 9.17) is 0 Å². The number of benzene rings is 1. The molecule has 0 unspecified atom stereocenters. The van der Waals surface area contributed by atoms with Crippen molar-refractivity contribution in [1.29, 1.82) is 0 Å². The molecular weight excluding hydrogens is 352 g/mol. The van der Waals surface area contributed by atoms with Crippen LogP contribution < -0.4 is 5.56 Å². The molecular formula is C19H12N2O2S2. The van der Waals surface area contributed by atoms with Crippen molar-refractivity contribution in [2.75, 3.05) is 0 Å². The molecule has 6 heteroatoms. The minimum absolute atomic E-state index is 0.244. The predicted octanol–water partition coefficient (Wildman–Crippen LogP) is 4.52. The maximum Gasteiger partial charge on any atom is 0.282 e. The van der Waals surface area contributed by atoms with Gasteiger partial charge in [0.05, 0.1) is 17.5 Å². The number of allylic oxidation sites excluding steroid dienone is 1. The highest BCUT2D eigenvalue weighted by atomic mass is 32.1. The van der Waals surface area contributed by atoms with Gasteiger partial charge < -0.3 is 9.67 Å². The summed E-state index contributed by atoms with van der Waals surface area (Å²) in [7, 11) is 0. The number of hydrogen-bond donors (Lipinski definition) is 1. The van der Waals surface area contributed by atoms with Crippen molar-refractivity contribution < 1.29 is 5.11 Å². The fourth-order valence-electron chi connectivity index (χ4n) is 3.29. The van der Waals surface area contributed by atoms with Gasteiger partial charge in [-0.2, -0.15) is 16.3 Å². The Morgan fingerprint density at radius 2 is 1.92 bits per heavy atom. The third kappa shape index (κ3) is 2.11. The fourth-order valence-corrected chi connectivity index (χ4v) is 5.02. The maximum atomic E-state index is 12.8. The van der Waals surface area contributed by atoms with Crippen LogP contribution in [0.25, 0.3) is 26.9 Å². The van der Waals surface area contributed by atoms with Crippen LogP contribution in [0.15, 0.2) is 63.1 Å². The van der Waals surface area contributed by atoms with Crippen molar-refractivity contribution in [1.82, 2.24) is 9.55 Å². The van der Waals surface area contributed by atoms with Crippen LogP contribution in [0.1, 0.15) is 11.4 Å². The number of aromatic nitrogens is 2. The third-order valence-electron chi connectivity index (χ3n) is 4.41. The first-order valence-electron chi connectivity index (χ1n) is 7.76. The molecule has 1 aliphatic rings. The molecule has 0 fully saturated rings. The highest BCUT2D eigenvalue weighted by Crippen LogP contribution is 2.38. The van der Waals surface area contributed by atoms with Gasteiger partial charge in [0.15, 0.2) is 0 Å². The third-order valence-corrected chi connectivity index (χ3v) is 6.09. The van der Waals surface area contributed by atoms with Crippen LogP contribution in [-0.4, -0.2) is 14.7 Å². The summed E-state index contributed by atoms with van der Waals surface area (Å²) < 4.78 is 1.94. The number of aliphatic hydroxyl groups excluding tert-OH is 1. The summed E-state index contributed by atoms with van der Waals surface area (Å²) in [5.74, 6) is 0.788. The van der Waals surface area contributed by atoms with E-state index >= 15 is 0 Å². The van der Waals surface area contributed by atoms with Crippen LogP contribution >= 0.6 is 22.7 Å². The van der Waals surface area contributed by atoms with Crippen molar-refractivity contribution in [3.05, 3.63) is 80.0 Å². The van der Waals surface area contributed by atoms with Gasteiger partial charge in [0, 0.05) is 10.9 Å². The van der Waals surface area contributed by atoms with Gasteiger partial charge in [0.1, 0.15) is 16.4 Å². The molecule has 1 aromatic carbocycles. The zero-order chi connectivity index (χ0) is 17.0. The van der Waals surface area contributed by atoms with E-state index < -0.39 is 0 Å². The molecule has 4 heterocycles. The summed E-state index contributed by atoms with van der Waals surface area (Å²) in [5.41, 5.74) is 3.22. The lowest BCUT2D eigenvalue weighted by Gasteiger charge is -2.07. The molecule has 3 aromatic heterocycles. The molecule has 4 aromatic rings. The zero-order valence-electron chi connectivity index (χ0n) is 13.0. The molecule has 0 aliphatic carbocycles. The van der Waals surface area contributed by atoms with Gasteiger partial charge >= 0.3 is 0 Å². The lowest BCUT2D eigenvalue weighted by atomic mass is 10.1. The second-order valence-electron chi connectivity index (χ2n) is 5.86. The monoisotopic (exact) mass is 364 g/mol. The lowest BCUT2D eigenvalue weighted by Crippen LogP contribution is -2.14. The van der Waals surface area contributed by atoms with E-state index in [1.807, 2.05) is 57.1 Å². The summed E-state index contributed by atoms with van der Waals surface area (Å²) in [5, 5.41) is 17.2. The van der Waals surface area contributed by atoms with Crippen LogP contribution in [0, 0.1) is 0 Å². The van der Waals surface area contributed by atoms with Crippen LogP contribution in [0.3, 0.4) is 0 Å². The SMILES string of the molecule is O=c1nc2n(c3scc(-c4ccsc4)c13)CC(O)=C2c1ccccc1. The highest BCUT2D eigenvalue weighted by Gasteiger charge is 2.27. The molecule has 4 nitrogen and oxygen atoms in total. The molecule has 122 valence electrons. The molecule has 5 rings (SSSR count). The molecule has 0 radical (unpaired) electrons. The van der Waals surface area contributed by atoms with Crippen LogP contribution in [0.5, 0.6) is 0 Å². The Balaban J connectivity index is 1.78. The second-order valence-corrected chi connectivity index (χ2v) is 7.49. The van der Waals surface area contributed by atoms with Gasteiger partial charge in [-0.15, -0.1) is 11.3 Å². The fraction of sp³-hybridized carbons (Fsp3) is 0.0526. The summed E-state index contributed by atoms with van der Waals surface area (Å²) in [6, 6.07) is 11.6. The number of fused-ring (bicyclic) bond motifs is 3. The standard InChI is InChI=1S/C19H12N2O2S2/c22-14-8-21-17(15(14)11-4-2-1-3-5-11)20-18(23)16-13(10-25-19(16)21)12-6-7-24-9-12/h1-7,9-10,22H,8H2. The normalized spacial score (nSPS) is 13.6. The molecule has 1 aliphatic heterocycles. The van der Waals surface area contributed by atoms with E-state index in [9.17, 15) is 9.90 Å². The molecule has 25 heavy (non-hydrogen) atoms. The Kier molecular flexibility index (Phi) is 3.16. The zero-order valence-corrected chi connectivity index (χ0v) is 14.6. The van der Waals surface area contributed by atoms with Crippen LogP contribution in [0.4, 0.5) is 0 Å². The van der Waals surface area contributed by atoms with Gasteiger partial charge in [-0.05, 0) is 28.0 Å². The minimum atomic E-state index is -0.244. The Morgan fingerprint density at radius 1 is 1.08 bits per heavy atom. The molecule has 0 amide bonds. The Morgan fingerprint density at radius 3 is 2.68 bits per heavy atom. The molecule has 0 saturated carbocycles. The quantitative estimate of drug-likeness (QED) is 0.569. The first kappa shape index (κ1) is 14.6. The first-order valence-corrected chi connectivity index (χ1v) is 9.59. The summed E-state index contributed by atoms with van der Waals surface area (Å²) in [6.07, 6.45) is 0. The van der Waals surface area contributed by atoms with Crippen molar-refractivity contribution in [2.45, 2.75) is 6.54 Å². The highest BCUT2D eigenvalue weighted by molar-refractivity contribution is 7.17. The molecule has 0 saturated heterocycles. The first-order chi connectivity index (χ1) is 12.2. The summed E-state index contributed by atoms with van der Waals surface area (Å²) in [4.78, 5) is 18.0. The van der Waals surface area contributed by atoms with E-state index in [2.05, 4.69) is 4.98 Å². The van der Waals surface area contributed by atoms with Crippen LogP contribution in [0.2, 0.25) is 0 Å². The van der Waals surface area contributed by atoms with E-state index in [-0.39, 0.29) is 11.3 Å². The van der Waals surface area contributed by atoms with Gasteiger partial charge in [-0.25, -0.2) is 0 Å². The van der Waals surface area contributed by atoms with Crippen molar-refractivity contribution in [3.8, 4) is 11.1 Å². The predicted molar refractivity (Wildman–Crippen MR) is 102 cm³/mol. The molecule has 1 N–H and O–H groups in total. The molecule has 0 spiro atoms. The van der Waals surface area contributed by atoms with E-state index in [0.717, 1.165) is 21.5 Å². The number of thiophene rings is 2. The van der Waals surface area contributed by atoms with Crippen LogP contribution in [-0.2, 0) is 6.54 Å².